The SMILES string of the molecule is CCCCCCCC1NC(Cn2c(SCc3ccc(F)cc3)nc(=O)c3c2CCC3)=NO1. The summed E-state index contributed by atoms with van der Waals surface area (Å²) in [7, 11) is 0. The zero-order chi connectivity index (χ0) is 22.3. The Bertz CT molecular complexity index is 1010. The fourth-order valence-electron chi connectivity index (χ4n) is 4.24. The molecule has 8 heteroatoms. The molecule has 0 spiro atoms. The van der Waals surface area contributed by atoms with E-state index in [9.17, 15) is 9.18 Å². The van der Waals surface area contributed by atoms with Crippen molar-refractivity contribution >= 4 is 17.6 Å². The number of oxime groups is 1. The summed E-state index contributed by atoms with van der Waals surface area (Å²) in [5.74, 6) is 1.13. The lowest BCUT2D eigenvalue weighted by molar-refractivity contribution is 0.0646. The summed E-state index contributed by atoms with van der Waals surface area (Å²) in [5.41, 5.74) is 2.74. The Balaban J connectivity index is 1.43. The van der Waals surface area contributed by atoms with Crippen LogP contribution >= 0.6 is 11.8 Å². The number of fused-ring (bicyclic) bond motifs is 1. The maximum atomic E-state index is 13.2. The first-order chi connectivity index (χ1) is 15.6. The van der Waals surface area contributed by atoms with Gasteiger partial charge in [-0.2, -0.15) is 4.98 Å². The van der Waals surface area contributed by atoms with Crippen LogP contribution < -0.4 is 10.9 Å². The first-order valence-corrected chi connectivity index (χ1v) is 12.6. The fourth-order valence-corrected chi connectivity index (χ4v) is 5.20. The molecule has 1 N–H and O–H groups in total. The lowest BCUT2D eigenvalue weighted by atomic mass is 10.1. The van der Waals surface area contributed by atoms with Crippen LogP contribution in [0.1, 0.15) is 68.7 Å². The highest BCUT2D eigenvalue weighted by atomic mass is 32.2. The third-order valence-corrected chi connectivity index (χ3v) is 7.02. The highest BCUT2D eigenvalue weighted by molar-refractivity contribution is 7.98. The maximum Gasteiger partial charge on any atom is 0.277 e. The van der Waals surface area contributed by atoms with Crippen LogP contribution in [0.5, 0.6) is 0 Å². The minimum absolute atomic E-state index is 0.0812. The standard InChI is InChI=1S/C24H31FN4O2S/c1-2-3-4-5-6-10-22-26-21(28-31-22)15-29-20-9-7-8-19(20)23(30)27-24(29)32-16-17-11-13-18(25)14-12-17/h11-14,22H,2-10,15-16H2,1H3,(H,26,28). The van der Waals surface area contributed by atoms with E-state index in [1.54, 1.807) is 12.1 Å². The van der Waals surface area contributed by atoms with E-state index in [2.05, 4.69) is 26.9 Å². The van der Waals surface area contributed by atoms with Crippen molar-refractivity contribution in [2.24, 2.45) is 5.16 Å². The van der Waals surface area contributed by atoms with Crippen LogP contribution in [-0.4, -0.2) is 21.6 Å². The van der Waals surface area contributed by atoms with E-state index in [1.165, 1.54) is 49.6 Å². The van der Waals surface area contributed by atoms with E-state index in [1.807, 2.05) is 0 Å². The Labute approximate surface area is 192 Å². The molecule has 2 heterocycles. The van der Waals surface area contributed by atoms with Crippen molar-refractivity contribution in [1.82, 2.24) is 14.9 Å². The molecule has 4 rings (SSSR count). The fraction of sp³-hybridized carbons (Fsp3) is 0.542. The van der Waals surface area contributed by atoms with Gasteiger partial charge in [0.05, 0.1) is 6.54 Å². The number of nitrogens with zero attached hydrogens (tertiary/aromatic N) is 3. The predicted molar refractivity (Wildman–Crippen MR) is 125 cm³/mol. The molecule has 6 nitrogen and oxygen atoms in total. The number of thioether (sulfide) groups is 1. The first-order valence-electron chi connectivity index (χ1n) is 11.6. The summed E-state index contributed by atoms with van der Waals surface area (Å²) in [4.78, 5) is 22.6. The molecule has 0 bridgehead atoms. The average Bonchev–Trinajstić information content (AvgIpc) is 3.45. The van der Waals surface area contributed by atoms with Crippen LogP contribution in [0.2, 0.25) is 0 Å². The highest BCUT2D eigenvalue weighted by Crippen LogP contribution is 2.26. The zero-order valence-electron chi connectivity index (χ0n) is 18.6. The predicted octanol–water partition coefficient (Wildman–Crippen LogP) is 4.78. The lowest BCUT2D eigenvalue weighted by Crippen LogP contribution is -2.33. The summed E-state index contributed by atoms with van der Waals surface area (Å²) in [6, 6.07) is 6.44. The van der Waals surface area contributed by atoms with E-state index in [0.717, 1.165) is 54.8 Å². The van der Waals surface area contributed by atoms with Crippen molar-refractivity contribution in [3.8, 4) is 0 Å². The van der Waals surface area contributed by atoms with Crippen LogP contribution in [0.15, 0.2) is 39.4 Å². The van der Waals surface area contributed by atoms with Gasteiger partial charge in [0, 0.05) is 23.4 Å². The number of unbranched alkanes of at least 4 members (excludes halogenated alkanes) is 4. The van der Waals surface area contributed by atoms with E-state index in [0.29, 0.717) is 17.5 Å². The zero-order valence-corrected chi connectivity index (χ0v) is 19.4. The van der Waals surface area contributed by atoms with Crippen LogP contribution in [0.4, 0.5) is 4.39 Å². The molecule has 0 radical (unpaired) electrons. The summed E-state index contributed by atoms with van der Waals surface area (Å²) in [6.07, 6.45) is 9.59. The Morgan fingerprint density at radius 2 is 2.00 bits per heavy atom. The van der Waals surface area contributed by atoms with Gasteiger partial charge >= 0.3 is 0 Å². The maximum absolute atomic E-state index is 13.2. The van der Waals surface area contributed by atoms with Crippen molar-refractivity contribution in [2.75, 3.05) is 0 Å². The third kappa shape index (κ3) is 5.71. The monoisotopic (exact) mass is 458 g/mol. The highest BCUT2D eigenvalue weighted by Gasteiger charge is 2.25. The van der Waals surface area contributed by atoms with Gasteiger partial charge in [-0.3, -0.25) is 4.79 Å². The molecule has 2 aromatic rings. The minimum atomic E-state index is -0.253. The first kappa shape index (κ1) is 22.8. The van der Waals surface area contributed by atoms with E-state index >= 15 is 0 Å². The Hall–Kier alpha value is -2.35. The smallest absolute Gasteiger partial charge is 0.277 e. The molecule has 172 valence electrons. The average molecular weight is 459 g/mol. The molecule has 1 aromatic heterocycles. The van der Waals surface area contributed by atoms with Crippen LogP contribution in [0.3, 0.4) is 0 Å². The van der Waals surface area contributed by atoms with Crippen molar-refractivity contribution in [3.05, 3.63) is 57.3 Å². The number of benzene rings is 1. The largest absolute Gasteiger partial charge is 0.369 e. The van der Waals surface area contributed by atoms with Gasteiger partial charge in [-0.1, -0.05) is 61.7 Å². The molecule has 2 aliphatic rings. The third-order valence-electron chi connectivity index (χ3n) is 5.98. The van der Waals surface area contributed by atoms with E-state index in [-0.39, 0.29) is 17.6 Å². The summed E-state index contributed by atoms with van der Waals surface area (Å²) in [6.45, 7) is 2.73. The van der Waals surface area contributed by atoms with Gasteiger partial charge < -0.3 is 14.7 Å². The van der Waals surface area contributed by atoms with Gasteiger partial charge in [-0.15, -0.1) is 0 Å². The van der Waals surface area contributed by atoms with Crippen molar-refractivity contribution < 1.29 is 9.23 Å². The second-order valence-electron chi connectivity index (χ2n) is 8.46. The van der Waals surface area contributed by atoms with E-state index < -0.39 is 0 Å². The summed E-state index contributed by atoms with van der Waals surface area (Å²) >= 11 is 1.50. The normalized spacial score (nSPS) is 17.1. The van der Waals surface area contributed by atoms with E-state index in [4.69, 9.17) is 4.84 Å². The number of amidine groups is 1. The Kier molecular flexibility index (Phi) is 7.84. The summed E-state index contributed by atoms with van der Waals surface area (Å²) in [5, 5.41) is 8.34. The van der Waals surface area contributed by atoms with Crippen LogP contribution in [0, 0.1) is 5.82 Å². The Morgan fingerprint density at radius 1 is 1.19 bits per heavy atom. The minimum Gasteiger partial charge on any atom is -0.369 e. The summed E-state index contributed by atoms with van der Waals surface area (Å²) < 4.78 is 15.3. The van der Waals surface area contributed by atoms with Crippen LogP contribution in [0.25, 0.3) is 0 Å². The van der Waals surface area contributed by atoms with Gasteiger partial charge in [0.1, 0.15) is 5.82 Å². The molecule has 0 fully saturated rings. The van der Waals surface area contributed by atoms with Crippen LogP contribution in [-0.2, 0) is 30.0 Å². The number of rotatable bonds is 11. The number of halogens is 1. The molecule has 0 amide bonds. The van der Waals surface area contributed by atoms with Crippen molar-refractivity contribution in [2.45, 2.75) is 88.4 Å². The topological polar surface area (TPSA) is 68.5 Å². The molecule has 1 aromatic carbocycles. The second kappa shape index (κ2) is 11.0. The van der Waals surface area contributed by atoms with Gasteiger partial charge in [0.2, 0.25) is 0 Å². The molecule has 1 atom stereocenters. The second-order valence-corrected chi connectivity index (χ2v) is 9.40. The molecular formula is C24H31FN4O2S. The molecule has 32 heavy (non-hydrogen) atoms. The molecular weight excluding hydrogens is 427 g/mol. The molecule has 1 aliphatic carbocycles. The molecule has 0 saturated carbocycles. The number of aromatic nitrogens is 2. The molecule has 0 saturated heterocycles. The van der Waals surface area contributed by atoms with Crippen molar-refractivity contribution in [1.29, 1.82) is 0 Å². The lowest BCUT2D eigenvalue weighted by Gasteiger charge is -2.17. The molecule has 1 unspecified atom stereocenters. The quantitative estimate of drug-likeness (QED) is 0.298. The molecule has 1 aliphatic heterocycles. The van der Waals surface area contributed by atoms with Gasteiger partial charge in [-0.25, -0.2) is 4.39 Å². The van der Waals surface area contributed by atoms with Gasteiger partial charge in [-0.05, 0) is 43.4 Å². The number of hydrogen-bond donors (Lipinski definition) is 1. The van der Waals surface area contributed by atoms with Gasteiger partial charge in [0.25, 0.3) is 5.56 Å². The number of hydrogen-bond acceptors (Lipinski definition) is 6. The Morgan fingerprint density at radius 3 is 2.81 bits per heavy atom. The van der Waals surface area contributed by atoms with Gasteiger partial charge in [0.15, 0.2) is 17.2 Å². The number of nitrogens with one attached hydrogen (secondary N) is 1. The van der Waals surface area contributed by atoms with Crippen molar-refractivity contribution in [3.63, 3.8) is 0 Å².